The fourth-order valence-corrected chi connectivity index (χ4v) is 2.84. The van der Waals surface area contributed by atoms with Gasteiger partial charge in [-0.2, -0.15) is 5.26 Å². The molecule has 5 heteroatoms. The first-order valence-corrected chi connectivity index (χ1v) is 7.51. The van der Waals surface area contributed by atoms with Crippen molar-refractivity contribution >= 4 is 9.84 Å². The van der Waals surface area contributed by atoms with Crippen molar-refractivity contribution in [1.29, 1.82) is 5.26 Å². The van der Waals surface area contributed by atoms with E-state index in [9.17, 15) is 8.42 Å². The monoisotopic (exact) mass is 244 g/mol. The number of likely N-dealkylation sites (tertiary alicyclic amines) is 1. The summed E-state index contributed by atoms with van der Waals surface area (Å²) in [5.41, 5.74) is 0. The van der Waals surface area contributed by atoms with Crippen LogP contribution in [0.4, 0.5) is 0 Å². The quantitative estimate of drug-likeness (QED) is 0.741. The standard InChI is InChI=1S/C11H20N2O2S/c1-10(2)16(14,15)7-6-13-5-3-4-11(8-12)9-13/h10-11H,3-7,9H2,1-2H3. The second-order valence-corrected chi connectivity index (χ2v) is 7.36. The minimum atomic E-state index is -2.95. The van der Waals surface area contributed by atoms with E-state index in [0.29, 0.717) is 6.54 Å². The van der Waals surface area contributed by atoms with Crippen molar-refractivity contribution in [3.05, 3.63) is 0 Å². The van der Waals surface area contributed by atoms with Crippen molar-refractivity contribution in [3.63, 3.8) is 0 Å². The molecule has 0 bridgehead atoms. The molecule has 1 atom stereocenters. The molecular weight excluding hydrogens is 224 g/mol. The van der Waals surface area contributed by atoms with E-state index < -0.39 is 9.84 Å². The van der Waals surface area contributed by atoms with Crippen molar-refractivity contribution < 1.29 is 8.42 Å². The molecule has 0 spiro atoms. The first-order chi connectivity index (χ1) is 7.45. The van der Waals surface area contributed by atoms with Crippen LogP contribution in [0.1, 0.15) is 26.7 Å². The maximum Gasteiger partial charge on any atom is 0.153 e. The highest BCUT2D eigenvalue weighted by molar-refractivity contribution is 7.92. The van der Waals surface area contributed by atoms with Gasteiger partial charge in [-0.25, -0.2) is 8.42 Å². The molecule has 1 fully saturated rings. The molecule has 0 amide bonds. The number of nitriles is 1. The SMILES string of the molecule is CC(C)S(=O)(=O)CCN1CCCC(C#N)C1. The summed E-state index contributed by atoms with van der Waals surface area (Å²) in [5, 5.41) is 8.53. The molecule has 1 rings (SSSR count). The summed E-state index contributed by atoms with van der Waals surface area (Å²) in [5.74, 6) is 0.290. The molecule has 0 aromatic rings. The van der Waals surface area contributed by atoms with E-state index >= 15 is 0 Å². The van der Waals surface area contributed by atoms with Crippen LogP contribution in [0.5, 0.6) is 0 Å². The number of sulfone groups is 1. The Morgan fingerprint density at radius 1 is 1.50 bits per heavy atom. The van der Waals surface area contributed by atoms with Gasteiger partial charge in [0.1, 0.15) is 0 Å². The van der Waals surface area contributed by atoms with Gasteiger partial charge in [0.15, 0.2) is 9.84 Å². The lowest BCUT2D eigenvalue weighted by Crippen LogP contribution is -2.38. The van der Waals surface area contributed by atoms with Crippen LogP contribution in [0, 0.1) is 17.2 Å². The van der Waals surface area contributed by atoms with Crippen LogP contribution in [-0.2, 0) is 9.84 Å². The summed E-state index contributed by atoms with van der Waals surface area (Å²) in [6.45, 7) is 5.64. The molecule has 0 saturated carbocycles. The third-order valence-electron chi connectivity index (χ3n) is 3.10. The lowest BCUT2D eigenvalue weighted by atomic mass is 10.00. The molecule has 0 radical (unpaired) electrons. The fraction of sp³-hybridized carbons (Fsp3) is 0.909. The van der Waals surface area contributed by atoms with Gasteiger partial charge in [-0.05, 0) is 33.2 Å². The molecule has 92 valence electrons. The third-order valence-corrected chi connectivity index (χ3v) is 5.29. The molecule has 0 N–H and O–H groups in total. The first kappa shape index (κ1) is 13.5. The molecule has 0 aromatic heterocycles. The van der Waals surface area contributed by atoms with Crippen LogP contribution in [0.15, 0.2) is 0 Å². The Morgan fingerprint density at radius 2 is 2.19 bits per heavy atom. The van der Waals surface area contributed by atoms with Gasteiger partial charge in [0.05, 0.1) is 23.0 Å². The smallest absolute Gasteiger partial charge is 0.153 e. The summed E-state index contributed by atoms with van der Waals surface area (Å²) in [4.78, 5) is 2.09. The maximum atomic E-state index is 11.6. The predicted octanol–water partition coefficient (Wildman–Crippen LogP) is 1.05. The van der Waals surface area contributed by atoms with Gasteiger partial charge >= 0.3 is 0 Å². The summed E-state index contributed by atoms with van der Waals surface area (Å²) in [7, 11) is -2.95. The van der Waals surface area contributed by atoms with Crippen molar-refractivity contribution in [2.75, 3.05) is 25.4 Å². The number of rotatable bonds is 4. The van der Waals surface area contributed by atoms with Crippen LogP contribution in [0.25, 0.3) is 0 Å². The van der Waals surface area contributed by atoms with E-state index in [1.165, 1.54) is 0 Å². The van der Waals surface area contributed by atoms with E-state index in [-0.39, 0.29) is 16.9 Å². The van der Waals surface area contributed by atoms with Gasteiger partial charge < -0.3 is 4.90 Å². The lowest BCUT2D eigenvalue weighted by Gasteiger charge is -2.29. The summed E-state index contributed by atoms with van der Waals surface area (Å²) in [6.07, 6.45) is 1.95. The van der Waals surface area contributed by atoms with Crippen molar-refractivity contribution in [2.45, 2.75) is 31.9 Å². The van der Waals surface area contributed by atoms with Crippen LogP contribution in [-0.4, -0.2) is 44.0 Å². The highest BCUT2D eigenvalue weighted by Gasteiger charge is 2.22. The van der Waals surface area contributed by atoms with E-state index in [2.05, 4.69) is 11.0 Å². The molecule has 1 unspecified atom stereocenters. The Kier molecular flexibility index (Phi) is 4.75. The van der Waals surface area contributed by atoms with Gasteiger partial charge in [0, 0.05) is 13.1 Å². The number of nitrogens with zero attached hydrogens (tertiary/aromatic N) is 2. The zero-order valence-electron chi connectivity index (χ0n) is 10.0. The van der Waals surface area contributed by atoms with Crippen LogP contribution >= 0.6 is 0 Å². The van der Waals surface area contributed by atoms with Gasteiger partial charge in [-0.15, -0.1) is 0 Å². The number of hydrogen-bond donors (Lipinski definition) is 0. The summed E-state index contributed by atoms with van der Waals surface area (Å²) >= 11 is 0. The third kappa shape index (κ3) is 3.76. The first-order valence-electron chi connectivity index (χ1n) is 5.79. The molecule has 1 heterocycles. The van der Waals surface area contributed by atoms with Crippen LogP contribution < -0.4 is 0 Å². The van der Waals surface area contributed by atoms with Crippen LogP contribution in [0.2, 0.25) is 0 Å². The van der Waals surface area contributed by atoms with Gasteiger partial charge in [-0.1, -0.05) is 0 Å². The van der Waals surface area contributed by atoms with Gasteiger partial charge in [0.2, 0.25) is 0 Å². The van der Waals surface area contributed by atoms with Gasteiger partial charge in [-0.3, -0.25) is 0 Å². The predicted molar refractivity (Wildman–Crippen MR) is 63.7 cm³/mol. The highest BCUT2D eigenvalue weighted by atomic mass is 32.2. The average molecular weight is 244 g/mol. The number of piperidine rings is 1. The molecule has 1 aliphatic heterocycles. The molecule has 16 heavy (non-hydrogen) atoms. The van der Waals surface area contributed by atoms with Gasteiger partial charge in [0.25, 0.3) is 0 Å². The summed E-state index contributed by atoms with van der Waals surface area (Å²) < 4.78 is 23.3. The highest BCUT2D eigenvalue weighted by Crippen LogP contribution is 2.15. The van der Waals surface area contributed by atoms with E-state index in [1.54, 1.807) is 13.8 Å². The Labute approximate surface area is 98.2 Å². The Morgan fingerprint density at radius 3 is 2.75 bits per heavy atom. The molecule has 1 aliphatic rings. The zero-order valence-corrected chi connectivity index (χ0v) is 10.8. The molecule has 1 saturated heterocycles. The normalized spacial score (nSPS) is 23.2. The van der Waals surface area contributed by atoms with E-state index in [4.69, 9.17) is 5.26 Å². The van der Waals surface area contributed by atoms with Crippen molar-refractivity contribution in [3.8, 4) is 6.07 Å². The zero-order chi connectivity index (χ0) is 12.2. The minimum absolute atomic E-state index is 0.0792. The fourth-order valence-electron chi connectivity index (χ4n) is 1.86. The molecule has 0 aromatic carbocycles. The van der Waals surface area contributed by atoms with E-state index in [0.717, 1.165) is 25.9 Å². The second kappa shape index (κ2) is 5.65. The largest absolute Gasteiger partial charge is 0.301 e. The van der Waals surface area contributed by atoms with E-state index in [1.807, 2.05) is 0 Å². The van der Waals surface area contributed by atoms with Crippen molar-refractivity contribution in [1.82, 2.24) is 4.90 Å². The Hall–Kier alpha value is -0.600. The second-order valence-electron chi connectivity index (χ2n) is 4.68. The van der Waals surface area contributed by atoms with Crippen LogP contribution in [0.3, 0.4) is 0 Å². The Bertz CT molecular complexity index is 357. The summed E-state index contributed by atoms with van der Waals surface area (Å²) in [6, 6.07) is 2.26. The molecular formula is C11H20N2O2S. The Balaban J connectivity index is 2.42. The number of hydrogen-bond acceptors (Lipinski definition) is 4. The maximum absolute atomic E-state index is 11.6. The lowest BCUT2D eigenvalue weighted by molar-refractivity contribution is 0.210. The molecule has 0 aliphatic carbocycles. The average Bonchev–Trinajstić information content (AvgIpc) is 2.26. The molecule has 4 nitrogen and oxygen atoms in total. The minimum Gasteiger partial charge on any atom is -0.301 e. The van der Waals surface area contributed by atoms with Crippen molar-refractivity contribution in [2.24, 2.45) is 5.92 Å². The topological polar surface area (TPSA) is 61.2 Å².